The van der Waals surface area contributed by atoms with Crippen LogP contribution in [-0.4, -0.2) is 16.0 Å². The Labute approximate surface area is 103 Å². The van der Waals surface area contributed by atoms with Crippen molar-refractivity contribution in [2.24, 2.45) is 5.92 Å². The van der Waals surface area contributed by atoms with E-state index in [2.05, 4.69) is 22.2 Å². The zero-order valence-corrected chi connectivity index (χ0v) is 10.5. The van der Waals surface area contributed by atoms with Crippen LogP contribution in [0.15, 0.2) is 12.3 Å². The standard InChI is InChI=1S/C13H22N4/c1-2-11(10-6-4-3-5-7-10)16-13-15-9-8-12(14)17-13/h8-11H,2-7H2,1H3,(H3,14,15,16,17). The van der Waals surface area contributed by atoms with Crippen LogP contribution < -0.4 is 11.1 Å². The van der Waals surface area contributed by atoms with Crippen LogP contribution in [0.2, 0.25) is 0 Å². The Bertz CT molecular complexity index is 347. The molecule has 0 bridgehead atoms. The van der Waals surface area contributed by atoms with E-state index in [0.29, 0.717) is 17.8 Å². The zero-order valence-electron chi connectivity index (χ0n) is 10.5. The summed E-state index contributed by atoms with van der Waals surface area (Å²) in [6.07, 6.45) is 9.59. The van der Waals surface area contributed by atoms with Gasteiger partial charge in [-0.05, 0) is 31.2 Å². The normalized spacial score (nSPS) is 18.9. The summed E-state index contributed by atoms with van der Waals surface area (Å²) >= 11 is 0. The zero-order chi connectivity index (χ0) is 12.1. The Morgan fingerprint density at radius 1 is 1.41 bits per heavy atom. The van der Waals surface area contributed by atoms with Crippen molar-refractivity contribution in [1.82, 2.24) is 9.97 Å². The molecule has 0 aliphatic heterocycles. The highest BCUT2D eigenvalue weighted by Gasteiger charge is 2.22. The molecule has 1 aliphatic rings. The number of nitrogen functional groups attached to an aromatic ring is 1. The molecule has 0 aromatic carbocycles. The fourth-order valence-corrected chi connectivity index (χ4v) is 2.70. The highest BCUT2D eigenvalue weighted by atomic mass is 15.1. The molecule has 1 aromatic heterocycles. The number of nitrogens with one attached hydrogen (secondary N) is 1. The Morgan fingerprint density at radius 3 is 2.82 bits per heavy atom. The van der Waals surface area contributed by atoms with E-state index < -0.39 is 0 Å². The molecule has 94 valence electrons. The van der Waals surface area contributed by atoms with Crippen molar-refractivity contribution in [3.05, 3.63) is 12.3 Å². The van der Waals surface area contributed by atoms with Gasteiger partial charge >= 0.3 is 0 Å². The van der Waals surface area contributed by atoms with Gasteiger partial charge in [0.05, 0.1) is 0 Å². The van der Waals surface area contributed by atoms with Crippen molar-refractivity contribution in [2.75, 3.05) is 11.1 Å². The average molecular weight is 234 g/mol. The van der Waals surface area contributed by atoms with Crippen LogP contribution in [0.4, 0.5) is 11.8 Å². The maximum Gasteiger partial charge on any atom is 0.224 e. The summed E-state index contributed by atoms with van der Waals surface area (Å²) in [4.78, 5) is 8.43. The third-order valence-corrected chi connectivity index (χ3v) is 3.65. The van der Waals surface area contributed by atoms with Crippen molar-refractivity contribution in [1.29, 1.82) is 0 Å². The van der Waals surface area contributed by atoms with Crippen LogP contribution in [-0.2, 0) is 0 Å². The Balaban J connectivity index is 1.98. The van der Waals surface area contributed by atoms with Crippen LogP contribution in [0, 0.1) is 5.92 Å². The number of hydrogen-bond acceptors (Lipinski definition) is 4. The van der Waals surface area contributed by atoms with Gasteiger partial charge < -0.3 is 11.1 Å². The summed E-state index contributed by atoms with van der Waals surface area (Å²) < 4.78 is 0. The number of aromatic nitrogens is 2. The first-order valence-corrected chi connectivity index (χ1v) is 6.64. The molecule has 0 radical (unpaired) electrons. The van der Waals surface area contributed by atoms with Crippen molar-refractivity contribution < 1.29 is 0 Å². The molecule has 3 N–H and O–H groups in total. The molecule has 0 amide bonds. The van der Waals surface area contributed by atoms with Crippen LogP contribution in [0.5, 0.6) is 0 Å². The molecule has 17 heavy (non-hydrogen) atoms. The number of nitrogens with zero attached hydrogens (tertiary/aromatic N) is 2. The Morgan fingerprint density at radius 2 is 2.18 bits per heavy atom. The summed E-state index contributed by atoms with van der Waals surface area (Å²) in [5.41, 5.74) is 5.66. The van der Waals surface area contributed by atoms with Crippen LogP contribution in [0.25, 0.3) is 0 Å². The third-order valence-electron chi connectivity index (χ3n) is 3.65. The first-order valence-electron chi connectivity index (χ1n) is 6.64. The molecule has 1 aromatic rings. The van der Waals surface area contributed by atoms with Gasteiger partial charge in [0.25, 0.3) is 0 Å². The maximum absolute atomic E-state index is 5.66. The molecule has 4 heteroatoms. The lowest BCUT2D eigenvalue weighted by Gasteiger charge is -2.30. The van der Waals surface area contributed by atoms with E-state index in [1.165, 1.54) is 32.1 Å². The largest absolute Gasteiger partial charge is 0.384 e. The van der Waals surface area contributed by atoms with E-state index in [4.69, 9.17) is 5.73 Å². The van der Waals surface area contributed by atoms with E-state index in [1.54, 1.807) is 12.3 Å². The maximum atomic E-state index is 5.66. The van der Waals surface area contributed by atoms with Gasteiger partial charge in [-0.1, -0.05) is 26.2 Å². The lowest BCUT2D eigenvalue weighted by atomic mass is 9.83. The molecule has 1 unspecified atom stereocenters. The Kier molecular flexibility index (Phi) is 4.18. The quantitative estimate of drug-likeness (QED) is 0.840. The predicted octanol–water partition coefficient (Wildman–Crippen LogP) is 2.83. The van der Waals surface area contributed by atoms with Gasteiger partial charge in [-0.15, -0.1) is 0 Å². The smallest absolute Gasteiger partial charge is 0.224 e. The van der Waals surface area contributed by atoms with E-state index in [9.17, 15) is 0 Å². The molecule has 2 rings (SSSR count). The summed E-state index contributed by atoms with van der Waals surface area (Å²) in [7, 11) is 0. The summed E-state index contributed by atoms with van der Waals surface area (Å²) in [5, 5.41) is 3.44. The van der Waals surface area contributed by atoms with E-state index in [-0.39, 0.29) is 0 Å². The molecular formula is C13H22N4. The van der Waals surface area contributed by atoms with Crippen molar-refractivity contribution >= 4 is 11.8 Å². The monoisotopic (exact) mass is 234 g/mol. The molecule has 0 saturated heterocycles. The first kappa shape index (κ1) is 12.1. The second-order valence-electron chi connectivity index (χ2n) is 4.86. The second kappa shape index (κ2) is 5.84. The van der Waals surface area contributed by atoms with Crippen molar-refractivity contribution in [3.63, 3.8) is 0 Å². The lowest BCUT2D eigenvalue weighted by Crippen LogP contribution is -2.30. The van der Waals surface area contributed by atoms with Gasteiger partial charge in [0, 0.05) is 12.2 Å². The molecule has 0 spiro atoms. The number of nitrogens with two attached hydrogens (primary N) is 1. The molecule has 1 heterocycles. The van der Waals surface area contributed by atoms with Gasteiger partial charge in [0.15, 0.2) is 0 Å². The summed E-state index contributed by atoms with van der Waals surface area (Å²) in [6, 6.07) is 2.20. The molecule has 1 atom stereocenters. The van der Waals surface area contributed by atoms with Crippen molar-refractivity contribution in [2.45, 2.75) is 51.5 Å². The number of anilines is 2. The van der Waals surface area contributed by atoms with E-state index in [1.807, 2.05) is 0 Å². The first-order chi connectivity index (χ1) is 8.29. The van der Waals surface area contributed by atoms with Gasteiger partial charge in [0.1, 0.15) is 5.82 Å². The van der Waals surface area contributed by atoms with Crippen molar-refractivity contribution in [3.8, 4) is 0 Å². The molecule has 1 fully saturated rings. The second-order valence-corrected chi connectivity index (χ2v) is 4.86. The topological polar surface area (TPSA) is 63.8 Å². The van der Waals surface area contributed by atoms with Gasteiger partial charge in [-0.25, -0.2) is 4.98 Å². The molecule has 1 aliphatic carbocycles. The molecule has 4 nitrogen and oxygen atoms in total. The number of rotatable bonds is 4. The fraction of sp³-hybridized carbons (Fsp3) is 0.692. The average Bonchev–Trinajstić information content (AvgIpc) is 2.37. The SMILES string of the molecule is CCC(Nc1nccc(N)n1)C1CCCCC1. The van der Waals surface area contributed by atoms with E-state index in [0.717, 1.165) is 12.3 Å². The summed E-state index contributed by atoms with van der Waals surface area (Å²) in [6.45, 7) is 2.22. The highest BCUT2D eigenvalue weighted by Crippen LogP contribution is 2.29. The van der Waals surface area contributed by atoms with Crippen LogP contribution in [0.1, 0.15) is 45.4 Å². The fourth-order valence-electron chi connectivity index (χ4n) is 2.70. The van der Waals surface area contributed by atoms with E-state index >= 15 is 0 Å². The minimum Gasteiger partial charge on any atom is -0.384 e. The van der Waals surface area contributed by atoms with Crippen LogP contribution >= 0.6 is 0 Å². The molecular weight excluding hydrogens is 212 g/mol. The predicted molar refractivity (Wildman–Crippen MR) is 70.7 cm³/mol. The number of hydrogen-bond donors (Lipinski definition) is 2. The third kappa shape index (κ3) is 3.32. The van der Waals surface area contributed by atoms with Gasteiger partial charge in [0.2, 0.25) is 5.95 Å². The van der Waals surface area contributed by atoms with Crippen LogP contribution in [0.3, 0.4) is 0 Å². The minimum atomic E-state index is 0.483. The highest BCUT2D eigenvalue weighted by molar-refractivity contribution is 5.35. The molecule has 1 saturated carbocycles. The van der Waals surface area contributed by atoms with Gasteiger partial charge in [-0.2, -0.15) is 4.98 Å². The lowest BCUT2D eigenvalue weighted by molar-refractivity contribution is 0.312. The summed E-state index contributed by atoms with van der Waals surface area (Å²) in [5.74, 6) is 1.96. The minimum absolute atomic E-state index is 0.483. The Hall–Kier alpha value is -1.32. The van der Waals surface area contributed by atoms with Gasteiger partial charge in [-0.3, -0.25) is 0 Å².